The van der Waals surface area contributed by atoms with Gasteiger partial charge in [-0.1, -0.05) is 60.7 Å². The molecule has 4 amide bonds. The van der Waals surface area contributed by atoms with Gasteiger partial charge in [0.15, 0.2) is 12.3 Å². The third kappa shape index (κ3) is 5.86. The van der Waals surface area contributed by atoms with Crippen molar-refractivity contribution in [3.05, 3.63) is 160 Å². The van der Waals surface area contributed by atoms with Gasteiger partial charge in [0.2, 0.25) is 11.7 Å². The molecule has 2 heterocycles. The average Bonchev–Trinajstić information content (AvgIpc) is 3.25. The number of carbonyl (C=O) groups excluding carboxylic acids is 5. The number of allylic oxidation sites excluding steroid dienone is 8. The minimum absolute atomic E-state index is 0.0641. The Morgan fingerprint density at radius 1 is 0.724 bits per heavy atom. The van der Waals surface area contributed by atoms with Gasteiger partial charge in [-0.25, -0.2) is 4.58 Å². The zero-order chi connectivity index (χ0) is 40.2. The molecule has 1 N–H and O–H groups in total. The van der Waals surface area contributed by atoms with E-state index in [0.29, 0.717) is 65.8 Å². The number of hydrogen-bond acceptors (Lipinski definition) is 7. The first-order valence-electron chi connectivity index (χ1n) is 19.8. The summed E-state index contributed by atoms with van der Waals surface area (Å²) in [6, 6.07) is 24.0. The van der Waals surface area contributed by atoms with Gasteiger partial charge in [-0.15, -0.1) is 0 Å². The quantitative estimate of drug-likeness (QED) is 0.106. The van der Waals surface area contributed by atoms with Crippen LogP contribution in [-0.4, -0.2) is 93.9 Å². The summed E-state index contributed by atoms with van der Waals surface area (Å²) in [5.41, 5.74) is 6.85. The number of hydrogen-bond donors (Lipinski definition) is 1. The number of amides is 4. The van der Waals surface area contributed by atoms with Crippen LogP contribution in [0.25, 0.3) is 22.4 Å². The highest BCUT2D eigenvalue weighted by Crippen LogP contribution is 2.40. The molecular weight excluding hydrogens is 729 g/mol. The molecule has 1 unspecified atom stereocenters. The molecule has 0 radical (unpaired) electrons. The summed E-state index contributed by atoms with van der Waals surface area (Å²) in [4.78, 5) is 72.0. The van der Waals surface area contributed by atoms with E-state index < -0.39 is 0 Å². The minimum Gasteiger partial charge on any atom is -0.506 e. The molecule has 10 nitrogen and oxygen atoms in total. The lowest BCUT2D eigenvalue weighted by atomic mass is 9.80. The molecule has 288 valence electrons. The maximum atomic E-state index is 13.5. The normalized spacial score (nSPS) is 18.1. The van der Waals surface area contributed by atoms with Crippen LogP contribution in [0.3, 0.4) is 0 Å². The lowest BCUT2D eigenvalue weighted by Gasteiger charge is -2.34. The number of nitrogens with zero attached hydrogens (tertiary/aromatic N) is 4. The van der Waals surface area contributed by atoms with Crippen LogP contribution in [0.1, 0.15) is 74.0 Å². The molecule has 10 heteroatoms. The largest absolute Gasteiger partial charge is 0.506 e. The molecule has 2 aliphatic heterocycles. The number of aliphatic hydroxyl groups is 1. The number of imide groups is 2. The molecular formula is C48H41N4O6+. The Hall–Kier alpha value is -6.94. The van der Waals surface area contributed by atoms with Gasteiger partial charge in [0, 0.05) is 59.6 Å². The summed E-state index contributed by atoms with van der Waals surface area (Å²) in [6.45, 7) is 6.59. The molecule has 9 rings (SSSR count). The summed E-state index contributed by atoms with van der Waals surface area (Å²) in [6.07, 6.45) is 11.9. The highest BCUT2D eigenvalue weighted by molar-refractivity contribution is 6.39. The number of rotatable bonds is 10. The minimum atomic E-state index is -0.346. The van der Waals surface area contributed by atoms with Crippen LogP contribution in [0.4, 0.5) is 5.69 Å². The van der Waals surface area contributed by atoms with E-state index in [4.69, 9.17) is 0 Å². The van der Waals surface area contributed by atoms with Crippen LogP contribution in [0.5, 0.6) is 0 Å². The number of anilines is 1. The van der Waals surface area contributed by atoms with E-state index in [2.05, 4.69) is 9.48 Å². The molecule has 0 aromatic heterocycles. The van der Waals surface area contributed by atoms with Gasteiger partial charge in [-0.2, -0.15) is 0 Å². The van der Waals surface area contributed by atoms with Crippen LogP contribution in [0.15, 0.2) is 126 Å². The van der Waals surface area contributed by atoms with Gasteiger partial charge in [-0.3, -0.25) is 33.8 Å². The van der Waals surface area contributed by atoms with Crippen molar-refractivity contribution in [3.63, 3.8) is 0 Å². The van der Waals surface area contributed by atoms with Crippen molar-refractivity contribution < 1.29 is 33.7 Å². The first-order valence-corrected chi connectivity index (χ1v) is 19.8. The second-order valence-corrected chi connectivity index (χ2v) is 14.9. The number of likely N-dealkylation sites (N-methyl/N-ethyl adjacent to an activating group) is 2. The second-order valence-electron chi connectivity index (χ2n) is 14.9. The number of Topliss-reactive ketones (excluding diaryl/α,β-unsaturated/α-hetero) is 1. The molecule has 1 atom stereocenters. The van der Waals surface area contributed by atoms with Crippen molar-refractivity contribution in [3.8, 4) is 0 Å². The van der Waals surface area contributed by atoms with Crippen molar-refractivity contribution >= 4 is 63.2 Å². The molecule has 0 saturated heterocycles. The summed E-state index contributed by atoms with van der Waals surface area (Å²) in [5, 5.41) is 12.7. The molecule has 3 aliphatic carbocycles. The van der Waals surface area contributed by atoms with Crippen molar-refractivity contribution in [1.82, 2.24) is 9.80 Å². The van der Waals surface area contributed by atoms with Crippen molar-refractivity contribution in [2.75, 3.05) is 44.2 Å². The molecule has 4 aromatic rings. The molecule has 0 saturated carbocycles. The fourth-order valence-electron chi connectivity index (χ4n) is 8.90. The van der Waals surface area contributed by atoms with Gasteiger partial charge < -0.3 is 10.0 Å². The van der Waals surface area contributed by atoms with Gasteiger partial charge in [0.05, 0.1) is 23.6 Å². The highest BCUT2D eigenvalue weighted by atomic mass is 16.3. The lowest BCUT2D eigenvalue weighted by molar-refractivity contribution is -0.522. The van der Waals surface area contributed by atoms with Crippen LogP contribution in [-0.2, 0) is 9.59 Å². The maximum absolute atomic E-state index is 13.5. The molecule has 5 aliphatic rings. The topological polar surface area (TPSA) is 118 Å². The van der Waals surface area contributed by atoms with Gasteiger partial charge >= 0.3 is 0 Å². The molecule has 0 bridgehead atoms. The van der Waals surface area contributed by atoms with Gasteiger partial charge in [-0.05, 0) is 90.4 Å². The number of ketones is 1. The fraction of sp³-hybridized carbons (Fsp3) is 0.208. The SMILES string of the molecule is CCN(CCN1C(=O)c2cccc3cccc(c23)C1=O)c1ccc(C2=C(O)C(=C3C=CC(=[N+](CC)CCN4C(=O)c5cccc6c5C(CC=C6)C4=O)C=C3)C2=O)cc1. The van der Waals surface area contributed by atoms with E-state index in [0.717, 1.165) is 27.9 Å². The van der Waals surface area contributed by atoms with E-state index in [1.165, 1.54) is 9.80 Å². The van der Waals surface area contributed by atoms with Crippen LogP contribution < -0.4 is 4.90 Å². The first kappa shape index (κ1) is 36.7. The monoisotopic (exact) mass is 769 g/mol. The predicted molar refractivity (Wildman–Crippen MR) is 223 cm³/mol. The van der Waals surface area contributed by atoms with Crippen molar-refractivity contribution in [1.29, 1.82) is 0 Å². The van der Waals surface area contributed by atoms with E-state index in [1.54, 1.807) is 42.5 Å². The average molecular weight is 770 g/mol. The Balaban J connectivity index is 0.864. The number of benzene rings is 4. The highest BCUT2D eigenvalue weighted by Gasteiger charge is 2.41. The fourth-order valence-corrected chi connectivity index (χ4v) is 8.90. The predicted octanol–water partition coefficient (Wildman–Crippen LogP) is 6.89. The van der Waals surface area contributed by atoms with Crippen molar-refractivity contribution in [2.24, 2.45) is 0 Å². The molecule has 4 aromatic carbocycles. The van der Waals surface area contributed by atoms with Gasteiger partial charge in [0.1, 0.15) is 12.3 Å². The van der Waals surface area contributed by atoms with E-state index in [-0.39, 0.29) is 65.3 Å². The van der Waals surface area contributed by atoms with Crippen LogP contribution >= 0.6 is 0 Å². The van der Waals surface area contributed by atoms with E-state index in [9.17, 15) is 29.1 Å². The third-order valence-corrected chi connectivity index (χ3v) is 12.0. The molecule has 0 fully saturated rings. The Morgan fingerprint density at radius 2 is 1.38 bits per heavy atom. The van der Waals surface area contributed by atoms with Gasteiger partial charge in [0.25, 0.3) is 17.7 Å². The lowest BCUT2D eigenvalue weighted by Crippen LogP contribution is -2.47. The Morgan fingerprint density at radius 3 is 2.03 bits per heavy atom. The van der Waals surface area contributed by atoms with E-state index in [1.807, 2.05) is 86.7 Å². The van der Waals surface area contributed by atoms with Crippen molar-refractivity contribution in [2.45, 2.75) is 26.2 Å². The summed E-state index contributed by atoms with van der Waals surface area (Å²) >= 11 is 0. The number of aliphatic hydroxyl groups excluding tert-OH is 1. The summed E-state index contributed by atoms with van der Waals surface area (Å²) in [7, 11) is 0. The Bertz CT molecular complexity index is 2630. The molecule has 58 heavy (non-hydrogen) atoms. The third-order valence-electron chi connectivity index (χ3n) is 12.0. The summed E-state index contributed by atoms with van der Waals surface area (Å²) in [5.74, 6) is -1.68. The smallest absolute Gasteiger partial charge is 0.261 e. The van der Waals surface area contributed by atoms with E-state index >= 15 is 0 Å². The molecule has 0 spiro atoms. The number of carbonyl (C=O) groups is 5. The Labute approximate surface area is 335 Å². The van der Waals surface area contributed by atoms with Crippen LogP contribution in [0.2, 0.25) is 0 Å². The second kappa shape index (κ2) is 14.5. The standard InChI is InChI=1S/C48H40N4O6/c1-3-49(25-27-51-45(55)35-13-5-9-29-10-6-14-36(39(29)35)46(51)56)33-21-17-31(18-22-33)41-43(53)42(44(41)54)32-19-23-34(24-20-32)50(4-2)26-28-52-47(57)37-15-7-11-30-12-8-16-38(40(30)37)48(52)58/h5-15,17-24,38H,3-4,16,25-28H2,1-2H3/p+1. The summed E-state index contributed by atoms with van der Waals surface area (Å²) < 4.78 is 2.08. The first-order chi connectivity index (χ1) is 28.2. The zero-order valence-electron chi connectivity index (χ0n) is 32.3. The Kier molecular flexibility index (Phi) is 9.19. The van der Waals surface area contributed by atoms with Crippen LogP contribution in [0, 0.1) is 0 Å². The maximum Gasteiger partial charge on any atom is 0.261 e. The zero-order valence-corrected chi connectivity index (χ0v) is 32.3.